The normalized spacial score (nSPS) is 12.7. The molecule has 0 radical (unpaired) electrons. The number of benzene rings is 2. The van der Waals surface area contributed by atoms with Crippen LogP contribution in [0.2, 0.25) is 5.02 Å². The minimum Gasteiger partial charge on any atom is -0.350 e. The number of hydrogen-bond acceptors (Lipinski definition) is 4. The largest absolute Gasteiger partial charge is 0.350 e. The van der Waals surface area contributed by atoms with Gasteiger partial charge >= 0.3 is 0 Å². The summed E-state index contributed by atoms with van der Waals surface area (Å²) in [6, 6.07) is 9.33. The van der Waals surface area contributed by atoms with E-state index in [0.717, 1.165) is 16.1 Å². The van der Waals surface area contributed by atoms with E-state index in [2.05, 4.69) is 5.32 Å². The Labute approximate surface area is 205 Å². The lowest BCUT2D eigenvalue weighted by Gasteiger charge is -2.33. The molecule has 7 nitrogen and oxygen atoms in total. The second-order valence-corrected chi connectivity index (χ2v) is 11.6. The van der Waals surface area contributed by atoms with Crippen LogP contribution in [0.15, 0.2) is 42.5 Å². The highest BCUT2D eigenvalue weighted by Crippen LogP contribution is 2.25. The summed E-state index contributed by atoms with van der Waals surface area (Å²) in [5.74, 6) is -1.42. The third-order valence-electron chi connectivity index (χ3n) is 5.05. The third-order valence-corrected chi connectivity index (χ3v) is 6.60. The number of aryl methyl sites for hydroxylation is 1. The van der Waals surface area contributed by atoms with E-state index in [0.29, 0.717) is 10.6 Å². The number of rotatable bonds is 8. The smallest absolute Gasteiger partial charge is 0.244 e. The Morgan fingerprint density at radius 2 is 1.71 bits per heavy atom. The highest BCUT2D eigenvalue weighted by Gasteiger charge is 2.31. The van der Waals surface area contributed by atoms with Gasteiger partial charge in [0.05, 0.1) is 11.9 Å². The lowest BCUT2D eigenvalue weighted by Crippen LogP contribution is -2.54. The van der Waals surface area contributed by atoms with Crippen molar-refractivity contribution in [2.45, 2.75) is 52.7 Å². The summed E-state index contributed by atoms with van der Waals surface area (Å²) in [6.45, 7) is 8.25. The number of sulfonamides is 1. The molecule has 2 aromatic carbocycles. The van der Waals surface area contributed by atoms with Gasteiger partial charge in [-0.05, 0) is 70.0 Å². The van der Waals surface area contributed by atoms with E-state index in [1.807, 2.05) is 20.8 Å². The van der Waals surface area contributed by atoms with Crippen molar-refractivity contribution in [3.8, 4) is 0 Å². The second-order valence-electron chi connectivity index (χ2n) is 9.27. The fraction of sp³-hybridized carbons (Fsp3) is 0.417. The number of nitrogens with zero attached hydrogens (tertiary/aromatic N) is 2. The number of halogens is 2. The van der Waals surface area contributed by atoms with Crippen molar-refractivity contribution in [2.24, 2.45) is 0 Å². The first-order valence-corrected chi connectivity index (χ1v) is 12.9. The van der Waals surface area contributed by atoms with Crippen LogP contribution in [0.3, 0.4) is 0 Å². The molecule has 0 bridgehead atoms. The van der Waals surface area contributed by atoms with E-state index in [1.54, 1.807) is 26.0 Å². The molecule has 2 rings (SSSR count). The summed E-state index contributed by atoms with van der Waals surface area (Å²) >= 11 is 6.18. The molecule has 10 heteroatoms. The number of amides is 2. The molecule has 0 saturated heterocycles. The number of nitrogens with one attached hydrogen (secondary N) is 1. The maximum atomic E-state index is 13.4. The van der Waals surface area contributed by atoms with Gasteiger partial charge in [0.25, 0.3) is 0 Å². The molecule has 1 N–H and O–H groups in total. The van der Waals surface area contributed by atoms with Crippen LogP contribution in [0.5, 0.6) is 0 Å². The van der Waals surface area contributed by atoms with Crippen molar-refractivity contribution in [2.75, 3.05) is 17.1 Å². The highest BCUT2D eigenvalue weighted by atomic mass is 35.5. The van der Waals surface area contributed by atoms with E-state index in [-0.39, 0.29) is 12.2 Å². The van der Waals surface area contributed by atoms with Gasteiger partial charge in [-0.25, -0.2) is 12.8 Å². The first-order valence-electron chi connectivity index (χ1n) is 10.7. The Hall–Kier alpha value is -2.65. The Morgan fingerprint density at radius 3 is 2.21 bits per heavy atom. The molecular weight excluding hydrogens is 481 g/mol. The van der Waals surface area contributed by atoms with Crippen LogP contribution in [0.25, 0.3) is 0 Å². The number of carbonyl (C=O) groups is 2. The maximum Gasteiger partial charge on any atom is 0.244 e. The van der Waals surface area contributed by atoms with Gasteiger partial charge in [0.2, 0.25) is 21.8 Å². The summed E-state index contributed by atoms with van der Waals surface area (Å²) in [4.78, 5) is 27.6. The van der Waals surface area contributed by atoms with E-state index >= 15 is 0 Å². The van der Waals surface area contributed by atoms with Crippen molar-refractivity contribution in [3.05, 3.63) is 64.4 Å². The Kier molecular flexibility index (Phi) is 8.71. The second kappa shape index (κ2) is 10.7. The lowest BCUT2D eigenvalue weighted by molar-refractivity contribution is -0.140. The molecule has 0 fully saturated rings. The fourth-order valence-corrected chi connectivity index (χ4v) is 4.21. The zero-order chi connectivity index (χ0) is 25.8. The molecule has 34 heavy (non-hydrogen) atoms. The Bertz CT molecular complexity index is 1150. The molecule has 2 aromatic rings. The van der Waals surface area contributed by atoms with Gasteiger partial charge in [-0.1, -0.05) is 29.8 Å². The molecule has 0 saturated carbocycles. The average Bonchev–Trinajstić information content (AvgIpc) is 2.71. The standard InChI is InChI=1S/C24H31ClFN3O4S/c1-16-7-12-20(13-21(16)25)29(34(6,32)33)15-22(30)28(14-18-8-10-19(26)11-9-18)17(2)23(31)27-24(3,4)5/h7-13,17H,14-15H2,1-6H3,(H,27,31)/t17-/m1/s1. The highest BCUT2D eigenvalue weighted by molar-refractivity contribution is 7.92. The molecule has 0 aliphatic rings. The van der Waals surface area contributed by atoms with Crippen LogP contribution in [-0.2, 0) is 26.2 Å². The molecule has 186 valence electrons. The third kappa shape index (κ3) is 7.70. The lowest BCUT2D eigenvalue weighted by atomic mass is 10.1. The first kappa shape index (κ1) is 27.6. The van der Waals surface area contributed by atoms with Gasteiger partial charge < -0.3 is 10.2 Å². The first-order chi connectivity index (χ1) is 15.6. The summed E-state index contributed by atoms with van der Waals surface area (Å²) < 4.78 is 39.5. The summed E-state index contributed by atoms with van der Waals surface area (Å²) in [6.07, 6.45) is 0.994. The summed E-state index contributed by atoms with van der Waals surface area (Å²) in [7, 11) is -3.85. The zero-order valence-electron chi connectivity index (χ0n) is 20.2. The molecule has 0 aromatic heterocycles. The zero-order valence-corrected chi connectivity index (χ0v) is 21.8. The molecule has 1 atom stereocenters. The van der Waals surface area contributed by atoms with Crippen molar-refractivity contribution in [1.82, 2.24) is 10.2 Å². The maximum absolute atomic E-state index is 13.4. The molecular formula is C24H31ClFN3O4S. The van der Waals surface area contributed by atoms with Crippen LogP contribution in [-0.4, -0.2) is 49.5 Å². The predicted molar refractivity (Wildman–Crippen MR) is 133 cm³/mol. The van der Waals surface area contributed by atoms with Gasteiger partial charge in [0, 0.05) is 17.1 Å². The molecule has 0 unspecified atom stereocenters. The summed E-state index contributed by atoms with van der Waals surface area (Å²) in [5, 5.41) is 3.20. The van der Waals surface area contributed by atoms with Gasteiger partial charge in [-0.2, -0.15) is 0 Å². The van der Waals surface area contributed by atoms with Crippen LogP contribution in [0.1, 0.15) is 38.8 Å². The van der Waals surface area contributed by atoms with Crippen LogP contribution < -0.4 is 9.62 Å². The SMILES string of the molecule is Cc1ccc(N(CC(=O)N(Cc2ccc(F)cc2)[C@H](C)C(=O)NC(C)(C)C)S(C)(=O)=O)cc1Cl. The van der Waals surface area contributed by atoms with Crippen molar-refractivity contribution in [3.63, 3.8) is 0 Å². The molecule has 0 spiro atoms. The molecule has 0 aliphatic carbocycles. The minimum atomic E-state index is -3.85. The predicted octanol–water partition coefficient (Wildman–Crippen LogP) is 3.89. The monoisotopic (exact) mass is 511 g/mol. The van der Waals surface area contributed by atoms with Gasteiger partial charge in [0.15, 0.2) is 0 Å². The van der Waals surface area contributed by atoms with Crippen molar-refractivity contribution < 1.29 is 22.4 Å². The Morgan fingerprint density at radius 1 is 1.12 bits per heavy atom. The number of anilines is 1. The van der Waals surface area contributed by atoms with E-state index < -0.39 is 45.8 Å². The van der Waals surface area contributed by atoms with Crippen LogP contribution in [0, 0.1) is 12.7 Å². The number of hydrogen-bond donors (Lipinski definition) is 1. The topological polar surface area (TPSA) is 86.8 Å². The van der Waals surface area contributed by atoms with Gasteiger partial charge in [-0.15, -0.1) is 0 Å². The molecule has 2 amide bonds. The minimum absolute atomic E-state index is 0.00982. The van der Waals surface area contributed by atoms with Gasteiger partial charge in [-0.3, -0.25) is 13.9 Å². The molecule has 0 aliphatic heterocycles. The number of carbonyl (C=O) groups excluding carboxylic acids is 2. The fourth-order valence-electron chi connectivity index (χ4n) is 3.19. The quantitative estimate of drug-likeness (QED) is 0.582. The van der Waals surface area contributed by atoms with Gasteiger partial charge in [0.1, 0.15) is 18.4 Å². The summed E-state index contributed by atoms with van der Waals surface area (Å²) in [5.41, 5.74) is 1.05. The van der Waals surface area contributed by atoms with Crippen LogP contribution in [0.4, 0.5) is 10.1 Å². The van der Waals surface area contributed by atoms with E-state index in [4.69, 9.17) is 11.6 Å². The Balaban J connectivity index is 2.41. The van der Waals surface area contributed by atoms with E-state index in [1.165, 1.54) is 35.2 Å². The van der Waals surface area contributed by atoms with E-state index in [9.17, 15) is 22.4 Å². The van der Waals surface area contributed by atoms with Crippen LogP contribution >= 0.6 is 11.6 Å². The molecule has 0 heterocycles. The average molecular weight is 512 g/mol. The van der Waals surface area contributed by atoms with Crippen molar-refractivity contribution >= 4 is 39.1 Å². The van der Waals surface area contributed by atoms with Crippen molar-refractivity contribution in [1.29, 1.82) is 0 Å².